The van der Waals surface area contributed by atoms with Gasteiger partial charge in [0, 0.05) is 32.1 Å². The maximum absolute atomic E-state index is 11.3. The summed E-state index contributed by atoms with van der Waals surface area (Å²) in [7, 11) is 0. The van der Waals surface area contributed by atoms with Gasteiger partial charge in [-0.3, -0.25) is 4.79 Å². The van der Waals surface area contributed by atoms with Crippen molar-refractivity contribution in [2.75, 3.05) is 13.1 Å². The number of rotatable bonds is 6. The summed E-state index contributed by atoms with van der Waals surface area (Å²) >= 11 is 0. The molecule has 0 spiro atoms. The molecule has 1 rings (SSSR count). The van der Waals surface area contributed by atoms with Crippen LogP contribution in [0.25, 0.3) is 0 Å². The molecule has 3 heteroatoms. The van der Waals surface area contributed by atoms with Crippen LogP contribution in [0.3, 0.4) is 0 Å². The van der Waals surface area contributed by atoms with Gasteiger partial charge in [0.2, 0.25) is 5.91 Å². The number of likely N-dealkylation sites (tertiary alicyclic amines) is 1. The van der Waals surface area contributed by atoms with Crippen LogP contribution in [0.2, 0.25) is 0 Å². The monoisotopic (exact) mass is 268 g/mol. The predicted octanol–water partition coefficient (Wildman–Crippen LogP) is 3.05. The molecule has 0 saturated carbocycles. The molecule has 1 amide bonds. The largest absolute Gasteiger partial charge is 0.343 e. The maximum atomic E-state index is 11.3. The molecule has 19 heavy (non-hydrogen) atoms. The quantitative estimate of drug-likeness (QED) is 0.803. The Bertz CT molecular complexity index is 258. The lowest BCUT2D eigenvalue weighted by atomic mass is 9.93. The fourth-order valence-electron chi connectivity index (χ4n) is 3.06. The molecule has 3 nitrogen and oxygen atoms in total. The molecule has 1 aliphatic heterocycles. The second kappa shape index (κ2) is 7.88. The van der Waals surface area contributed by atoms with Crippen LogP contribution in [-0.4, -0.2) is 36.0 Å². The fourth-order valence-corrected chi connectivity index (χ4v) is 3.06. The minimum Gasteiger partial charge on any atom is -0.343 e. The van der Waals surface area contributed by atoms with Crippen molar-refractivity contribution >= 4 is 5.91 Å². The van der Waals surface area contributed by atoms with Crippen molar-refractivity contribution in [1.29, 1.82) is 0 Å². The number of carbonyl (C=O) groups excluding carboxylic acids is 1. The van der Waals surface area contributed by atoms with Crippen molar-refractivity contribution < 1.29 is 4.79 Å². The SMILES string of the molecule is CC(=O)N1CCC(NC(CC(C)C)CC(C)C)CC1. The van der Waals surface area contributed by atoms with Crippen LogP contribution >= 0.6 is 0 Å². The predicted molar refractivity (Wildman–Crippen MR) is 81.1 cm³/mol. The smallest absolute Gasteiger partial charge is 0.219 e. The topological polar surface area (TPSA) is 32.3 Å². The second-order valence-electron chi connectivity index (χ2n) is 6.90. The average molecular weight is 268 g/mol. The first-order chi connectivity index (χ1) is 8.88. The van der Waals surface area contributed by atoms with Crippen molar-refractivity contribution in [3.8, 4) is 0 Å². The molecule has 0 unspecified atom stereocenters. The van der Waals surface area contributed by atoms with Gasteiger partial charge in [-0.25, -0.2) is 0 Å². The van der Waals surface area contributed by atoms with E-state index in [-0.39, 0.29) is 5.91 Å². The molecule has 0 bridgehead atoms. The zero-order valence-corrected chi connectivity index (χ0v) is 13.4. The zero-order valence-electron chi connectivity index (χ0n) is 13.4. The van der Waals surface area contributed by atoms with Crippen LogP contribution in [0.15, 0.2) is 0 Å². The Morgan fingerprint density at radius 3 is 1.95 bits per heavy atom. The van der Waals surface area contributed by atoms with Gasteiger partial charge in [0.15, 0.2) is 0 Å². The van der Waals surface area contributed by atoms with Crippen LogP contribution < -0.4 is 5.32 Å². The number of carbonyl (C=O) groups is 1. The molecule has 1 heterocycles. The number of nitrogens with zero attached hydrogens (tertiary/aromatic N) is 1. The van der Waals surface area contributed by atoms with Crippen LogP contribution in [0.4, 0.5) is 0 Å². The van der Waals surface area contributed by atoms with E-state index >= 15 is 0 Å². The highest BCUT2D eigenvalue weighted by atomic mass is 16.2. The molecule has 0 atom stereocenters. The van der Waals surface area contributed by atoms with E-state index in [1.165, 1.54) is 12.8 Å². The first-order valence-corrected chi connectivity index (χ1v) is 7.90. The first kappa shape index (κ1) is 16.5. The molecule has 0 aromatic heterocycles. The van der Waals surface area contributed by atoms with Crippen LogP contribution in [0.1, 0.15) is 60.3 Å². The van der Waals surface area contributed by atoms with Crippen molar-refractivity contribution in [2.24, 2.45) is 11.8 Å². The molecule has 1 saturated heterocycles. The van der Waals surface area contributed by atoms with Gasteiger partial charge in [0.25, 0.3) is 0 Å². The third kappa shape index (κ3) is 6.42. The summed E-state index contributed by atoms with van der Waals surface area (Å²) in [5, 5.41) is 3.84. The van der Waals surface area contributed by atoms with E-state index in [4.69, 9.17) is 0 Å². The molecule has 1 aliphatic rings. The van der Waals surface area contributed by atoms with Gasteiger partial charge < -0.3 is 10.2 Å². The highest BCUT2D eigenvalue weighted by Gasteiger charge is 2.23. The van der Waals surface area contributed by atoms with Gasteiger partial charge >= 0.3 is 0 Å². The number of hydrogen-bond acceptors (Lipinski definition) is 2. The third-order valence-corrected chi connectivity index (χ3v) is 3.92. The summed E-state index contributed by atoms with van der Waals surface area (Å²) in [5.74, 6) is 1.71. The Morgan fingerprint density at radius 1 is 1.11 bits per heavy atom. The normalized spacial score (nSPS) is 17.8. The Hall–Kier alpha value is -0.570. The lowest BCUT2D eigenvalue weighted by Crippen LogP contribution is -2.47. The third-order valence-electron chi connectivity index (χ3n) is 3.92. The van der Waals surface area contributed by atoms with E-state index in [9.17, 15) is 4.79 Å². The van der Waals surface area contributed by atoms with Crippen LogP contribution in [-0.2, 0) is 4.79 Å². The minimum absolute atomic E-state index is 0.222. The van der Waals surface area contributed by atoms with Gasteiger partial charge in [-0.2, -0.15) is 0 Å². The summed E-state index contributed by atoms with van der Waals surface area (Å²) in [4.78, 5) is 13.3. The second-order valence-corrected chi connectivity index (χ2v) is 6.90. The molecule has 0 aromatic rings. The molecule has 1 N–H and O–H groups in total. The highest BCUT2D eigenvalue weighted by Crippen LogP contribution is 2.17. The maximum Gasteiger partial charge on any atom is 0.219 e. The molecule has 1 fully saturated rings. The summed E-state index contributed by atoms with van der Waals surface area (Å²) in [5.41, 5.74) is 0. The van der Waals surface area contributed by atoms with Crippen molar-refractivity contribution in [1.82, 2.24) is 10.2 Å². The Morgan fingerprint density at radius 2 is 1.58 bits per heavy atom. The van der Waals surface area contributed by atoms with E-state index in [0.717, 1.165) is 37.8 Å². The van der Waals surface area contributed by atoms with Gasteiger partial charge in [0.1, 0.15) is 0 Å². The van der Waals surface area contributed by atoms with Gasteiger partial charge in [-0.15, -0.1) is 0 Å². The lowest BCUT2D eigenvalue weighted by molar-refractivity contribution is -0.129. The van der Waals surface area contributed by atoms with Gasteiger partial charge in [-0.1, -0.05) is 27.7 Å². The molecule has 0 aliphatic carbocycles. The summed E-state index contributed by atoms with van der Waals surface area (Å²) in [6.45, 7) is 12.7. The molecular weight excluding hydrogens is 236 g/mol. The van der Waals surface area contributed by atoms with Crippen molar-refractivity contribution in [2.45, 2.75) is 72.4 Å². The fraction of sp³-hybridized carbons (Fsp3) is 0.938. The summed E-state index contributed by atoms with van der Waals surface area (Å²) < 4.78 is 0. The van der Waals surface area contributed by atoms with E-state index in [2.05, 4.69) is 33.0 Å². The van der Waals surface area contributed by atoms with Gasteiger partial charge in [-0.05, 0) is 37.5 Å². The van der Waals surface area contributed by atoms with Crippen LogP contribution in [0, 0.1) is 11.8 Å². The Balaban J connectivity index is 2.40. The molecule has 0 aromatic carbocycles. The standard InChI is InChI=1S/C16H32N2O/c1-12(2)10-16(11-13(3)4)17-15-6-8-18(9-7-15)14(5)19/h12-13,15-17H,6-11H2,1-5H3. The Labute approximate surface area is 119 Å². The van der Waals surface area contributed by atoms with E-state index in [1.807, 2.05) is 4.90 Å². The van der Waals surface area contributed by atoms with Gasteiger partial charge in [0.05, 0.1) is 0 Å². The molecule has 112 valence electrons. The zero-order chi connectivity index (χ0) is 14.4. The van der Waals surface area contributed by atoms with Crippen molar-refractivity contribution in [3.05, 3.63) is 0 Å². The van der Waals surface area contributed by atoms with Crippen LogP contribution in [0.5, 0.6) is 0 Å². The highest BCUT2D eigenvalue weighted by molar-refractivity contribution is 5.73. The van der Waals surface area contributed by atoms with Crippen molar-refractivity contribution in [3.63, 3.8) is 0 Å². The molecule has 0 radical (unpaired) electrons. The number of piperidine rings is 1. The van der Waals surface area contributed by atoms with E-state index in [0.29, 0.717) is 12.1 Å². The summed E-state index contributed by atoms with van der Waals surface area (Å²) in [6, 6.07) is 1.23. The summed E-state index contributed by atoms with van der Waals surface area (Å²) in [6.07, 6.45) is 4.72. The lowest BCUT2D eigenvalue weighted by Gasteiger charge is -2.35. The first-order valence-electron chi connectivity index (χ1n) is 7.90. The van der Waals surface area contributed by atoms with E-state index < -0.39 is 0 Å². The number of hydrogen-bond donors (Lipinski definition) is 1. The number of nitrogens with one attached hydrogen (secondary N) is 1. The van der Waals surface area contributed by atoms with E-state index in [1.54, 1.807) is 6.92 Å². The average Bonchev–Trinajstić information content (AvgIpc) is 2.27. The Kier molecular flexibility index (Phi) is 6.84. The number of amides is 1. The minimum atomic E-state index is 0.222. The molecular formula is C16H32N2O.